The molecule has 4 N–H and O–H groups in total. The molecule has 1 amide bonds. The first kappa shape index (κ1) is 23.7. The van der Waals surface area contributed by atoms with Gasteiger partial charge in [0.15, 0.2) is 0 Å². The number of amides is 1. The van der Waals surface area contributed by atoms with Gasteiger partial charge in [-0.3, -0.25) is 4.79 Å². The molecule has 0 aromatic carbocycles. The Labute approximate surface area is 140 Å². The molecule has 0 aromatic heterocycles. The lowest BCUT2D eigenvalue weighted by Crippen LogP contribution is -2.41. The highest BCUT2D eigenvalue weighted by atomic mass is 16.4. The Morgan fingerprint density at radius 1 is 1.00 bits per heavy atom. The number of nitriles is 1. The summed E-state index contributed by atoms with van der Waals surface area (Å²) in [4.78, 5) is 23.7. The molecule has 0 radical (unpaired) electrons. The molecule has 0 bridgehead atoms. The molecule has 6 heteroatoms. The first-order valence-corrected chi connectivity index (χ1v) is 8.46. The van der Waals surface area contributed by atoms with Crippen molar-refractivity contribution >= 4 is 11.9 Å². The number of carboxylic acids is 1. The molecule has 0 fully saturated rings. The second kappa shape index (κ2) is 16.8. The van der Waals surface area contributed by atoms with E-state index >= 15 is 0 Å². The van der Waals surface area contributed by atoms with Crippen LogP contribution in [0.3, 0.4) is 0 Å². The summed E-state index contributed by atoms with van der Waals surface area (Å²) in [5.74, 6) is -1.47. The van der Waals surface area contributed by atoms with E-state index in [0.717, 1.165) is 19.3 Å². The molecule has 0 aliphatic rings. The fourth-order valence-corrected chi connectivity index (χ4v) is 2.38. The summed E-state index contributed by atoms with van der Waals surface area (Å²) in [6.07, 6.45) is 11.0. The molecular weight excluding hydrogens is 294 g/mol. The number of carboxylic acid groups (broad SMARTS) is 1. The highest BCUT2D eigenvalue weighted by Gasteiger charge is 2.12. The van der Waals surface area contributed by atoms with E-state index in [4.69, 9.17) is 5.26 Å². The number of aliphatic carboxylic acids is 1. The molecule has 0 heterocycles. The minimum atomic E-state index is -1.28. The van der Waals surface area contributed by atoms with Crippen LogP contribution >= 0.6 is 0 Å². The van der Waals surface area contributed by atoms with Gasteiger partial charge in [0.05, 0.1) is 25.0 Å². The number of unbranched alkanes of at least 4 members (excludes halogenated alkanes) is 8. The van der Waals surface area contributed by atoms with Gasteiger partial charge in [-0.25, -0.2) is 0 Å². The Balaban J connectivity index is 0. The fourth-order valence-electron chi connectivity index (χ4n) is 2.38. The van der Waals surface area contributed by atoms with Gasteiger partial charge in [-0.1, -0.05) is 58.3 Å². The normalized spacial score (nSPS) is 9.74. The van der Waals surface area contributed by atoms with Crippen molar-refractivity contribution in [3.63, 3.8) is 0 Å². The molecule has 0 saturated heterocycles. The first-order chi connectivity index (χ1) is 10.6. The molecule has 134 valence electrons. The van der Waals surface area contributed by atoms with Crippen LogP contribution in [0, 0.1) is 11.3 Å². The van der Waals surface area contributed by atoms with E-state index in [9.17, 15) is 14.7 Å². The van der Waals surface area contributed by atoms with E-state index in [-0.39, 0.29) is 25.0 Å². The third kappa shape index (κ3) is 15.1. The lowest BCUT2D eigenvalue weighted by molar-refractivity contribution is -0.306. The summed E-state index contributed by atoms with van der Waals surface area (Å²) in [7, 11) is 0. The second-order valence-electron chi connectivity index (χ2n) is 5.67. The van der Waals surface area contributed by atoms with Crippen molar-refractivity contribution in [3.8, 4) is 6.07 Å². The van der Waals surface area contributed by atoms with Crippen LogP contribution in [0.15, 0.2) is 0 Å². The summed E-state index contributed by atoms with van der Waals surface area (Å²) in [5.41, 5.74) is 0. The topological polar surface area (TPSA) is 121 Å². The number of quaternary nitrogens is 1. The van der Waals surface area contributed by atoms with Crippen LogP contribution in [0.25, 0.3) is 0 Å². The molecule has 0 aromatic rings. The van der Waals surface area contributed by atoms with E-state index in [1.54, 1.807) is 0 Å². The summed E-state index contributed by atoms with van der Waals surface area (Å²) in [5, 5.41) is 19.1. The van der Waals surface area contributed by atoms with Crippen LogP contribution in [0.4, 0.5) is 0 Å². The van der Waals surface area contributed by atoms with Gasteiger partial charge in [0.1, 0.15) is 0 Å². The van der Waals surface area contributed by atoms with Gasteiger partial charge < -0.3 is 21.0 Å². The smallest absolute Gasteiger partial charge is 0.222 e. The van der Waals surface area contributed by atoms with Crippen LogP contribution in [0.2, 0.25) is 0 Å². The molecule has 23 heavy (non-hydrogen) atoms. The Bertz CT molecular complexity index is 353. The molecule has 0 spiro atoms. The van der Waals surface area contributed by atoms with Crippen LogP contribution in [0.5, 0.6) is 0 Å². The maximum absolute atomic E-state index is 11.9. The number of carbonyl (C=O) groups is 2. The highest BCUT2D eigenvalue weighted by molar-refractivity contribution is 5.80. The summed E-state index contributed by atoms with van der Waals surface area (Å²) < 4.78 is 0. The van der Waals surface area contributed by atoms with Gasteiger partial charge in [-0.05, 0) is 6.42 Å². The zero-order valence-electron chi connectivity index (χ0n) is 14.8. The molecule has 6 nitrogen and oxygen atoms in total. The molecule has 0 aliphatic heterocycles. The Hall–Kier alpha value is -1.61. The lowest BCUT2D eigenvalue weighted by atomic mass is 10.1. The number of nitrogens with zero attached hydrogens (tertiary/aromatic N) is 2. The van der Waals surface area contributed by atoms with Crippen molar-refractivity contribution in [1.82, 2.24) is 11.1 Å². The first-order valence-electron chi connectivity index (χ1n) is 8.46. The molecule has 0 unspecified atom stereocenters. The van der Waals surface area contributed by atoms with E-state index in [0.29, 0.717) is 6.42 Å². The van der Waals surface area contributed by atoms with Crippen molar-refractivity contribution < 1.29 is 14.7 Å². The van der Waals surface area contributed by atoms with Crippen molar-refractivity contribution in [2.45, 2.75) is 77.6 Å². The largest absolute Gasteiger partial charge is 0.548 e. The van der Waals surface area contributed by atoms with Gasteiger partial charge >= 0.3 is 0 Å². The van der Waals surface area contributed by atoms with Gasteiger partial charge in [0.25, 0.3) is 0 Å². The van der Waals surface area contributed by atoms with E-state index in [2.05, 4.69) is 6.92 Å². The molecule has 0 atom stereocenters. The van der Waals surface area contributed by atoms with Gasteiger partial charge in [-0.15, -0.1) is 0 Å². The maximum atomic E-state index is 11.9. The van der Waals surface area contributed by atoms with Gasteiger partial charge in [0.2, 0.25) is 5.91 Å². The highest BCUT2D eigenvalue weighted by Crippen LogP contribution is 2.11. The van der Waals surface area contributed by atoms with Crippen LogP contribution in [0.1, 0.15) is 77.6 Å². The Morgan fingerprint density at radius 3 is 2.00 bits per heavy atom. The van der Waals surface area contributed by atoms with Crippen molar-refractivity contribution in [1.29, 1.82) is 5.26 Å². The van der Waals surface area contributed by atoms with Gasteiger partial charge in [-0.2, -0.15) is 5.26 Å². The zero-order valence-corrected chi connectivity index (χ0v) is 14.8. The molecule has 0 rings (SSSR count). The summed E-state index contributed by atoms with van der Waals surface area (Å²) in [6.45, 7) is 1.95. The summed E-state index contributed by atoms with van der Waals surface area (Å²) >= 11 is 0. The SMILES string of the molecule is CCCCCCCCCCCC(=O)N(CCC#N)CC(=O)[O-].[NH4+]. The van der Waals surface area contributed by atoms with Crippen molar-refractivity contribution in [2.75, 3.05) is 13.1 Å². The quantitative estimate of drug-likeness (QED) is 0.493. The number of carbonyl (C=O) groups excluding carboxylic acids is 2. The van der Waals surface area contributed by atoms with E-state index < -0.39 is 12.5 Å². The number of hydrogen-bond donors (Lipinski definition) is 1. The Kier molecular flexibility index (Phi) is 17.2. The average Bonchev–Trinajstić information content (AvgIpc) is 2.49. The van der Waals surface area contributed by atoms with Gasteiger partial charge in [0, 0.05) is 13.0 Å². The Morgan fingerprint density at radius 2 is 1.52 bits per heavy atom. The fraction of sp³-hybridized carbons (Fsp3) is 0.824. The van der Waals surface area contributed by atoms with E-state index in [1.165, 1.54) is 43.4 Å². The third-order valence-corrected chi connectivity index (χ3v) is 3.66. The molecule has 0 aliphatic carbocycles. The van der Waals surface area contributed by atoms with E-state index in [1.807, 2.05) is 6.07 Å². The standard InChI is InChI=1S/C17H30N2O3.H3N/c1-2-3-4-5-6-7-8-9-10-12-16(20)19(14-11-13-18)15-17(21)22;/h2-12,14-15H2,1H3,(H,21,22);1H3. The third-order valence-electron chi connectivity index (χ3n) is 3.66. The predicted octanol–water partition coefficient (Wildman–Crippen LogP) is 2.78. The monoisotopic (exact) mass is 327 g/mol. The number of hydrogen-bond acceptors (Lipinski definition) is 4. The average molecular weight is 327 g/mol. The number of rotatable bonds is 14. The minimum Gasteiger partial charge on any atom is -0.548 e. The minimum absolute atomic E-state index is 0. The van der Waals surface area contributed by atoms with Crippen molar-refractivity contribution in [2.24, 2.45) is 0 Å². The van der Waals surface area contributed by atoms with Crippen LogP contribution < -0.4 is 11.3 Å². The molecular formula is C17H33N3O3. The van der Waals surface area contributed by atoms with Crippen LogP contribution in [-0.4, -0.2) is 29.9 Å². The predicted molar refractivity (Wildman–Crippen MR) is 89.6 cm³/mol. The summed E-state index contributed by atoms with van der Waals surface area (Å²) in [6, 6.07) is 1.92. The second-order valence-corrected chi connectivity index (χ2v) is 5.67. The molecule has 0 saturated carbocycles. The van der Waals surface area contributed by atoms with Crippen LogP contribution in [-0.2, 0) is 9.59 Å². The maximum Gasteiger partial charge on any atom is 0.222 e. The zero-order chi connectivity index (χ0) is 16.6. The van der Waals surface area contributed by atoms with Crippen molar-refractivity contribution in [3.05, 3.63) is 0 Å². The lowest BCUT2D eigenvalue weighted by Gasteiger charge is -2.22.